The highest BCUT2D eigenvalue weighted by Crippen LogP contribution is 2.26. The smallest absolute Gasteiger partial charge is 0.326 e. The number of carbonyl (C=O) groups is 3. The van der Waals surface area contributed by atoms with Crippen molar-refractivity contribution in [2.75, 3.05) is 18.6 Å². The van der Waals surface area contributed by atoms with E-state index in [1.165, 1.54) is 18.1 Å². The van der Waals surface area contributed by atoms with Crippen LogP contribution in [0.25, 0.3) is 0 Å². The van der Waals surface area contributed by atoms with Crippen molar-refractivity contribution in [3.05, 3.63) is 18.2 Å². The monoisotopic (exact) mass is 453 g/mol. The van der Waals surface area contributed by atoms with Crippen molar-refractivity contribution in [3.8, 4) is 0 Å². The lowest BCUT2D eigenvalue weighted by molar-refractivity contribution is -0.143. The summed E-state index contributed by atoms with van der Waals surface area (Å²) >= 11 is 1.53. The van der Waals surface area contributed by atoms with Crippen molar-refractivity contribution in [2.45, 2.75) is 70.1 Å². The Balaban J connectivity index is 2.21. The molecule has 2 heterocycles. The summed E-state index contributed by atoms with van der Waals surface area (Å²) in [4.78, 5) is 46.8. The van der Waals surface area contributed by atoms with Crippen molar-refractivity contribution < 1.29 is 19.5 Å². The fourth-order valence-electron chi connectivity index (χ4n) is 4.04. The summed E-state index contributed by atoms with van der Waals surface area (Å²) in [6.07, 6.45) is 7.72. The Hall–Kier alpha value is -1.91. The first-order chi connectivity index (χ1) is 14.8. The van der Waals surface area contributed by atoms with Crippen LogP contribution in [-0.4, -0.2) is 80.4 Å². The molecule has 1 aromatic heterocycles. The van der Waals surface area contributed by atoms with Gasteiger partial charge in [-0.25, -0.2) is 9.78 Å². The van der Waals surface area contributed by atoms with Gasteiger partial charge in [0, 0.05) is 12.2 Å². The second-order valence-electron chi connectivity index (χ2n) is 8.19. The topological polar surface area (TPSA) is 141 Å². The first-order valence-corrected chi connectivity index (χ1v) is 12.2. The maximum absolute atomic E-state index is 13.3. The molecule has 0 aliphatic carbocycles. The number of likely N-dealkylation sites (tertiary alicyclic amines) is 1. The summed E-state index contributed by atoms with van der Waals surface area (Å²) in [5, 5.41) is 12.2. The second kappa shape index (κ2) is 12.2. The number of nitrogens with two attached hydrogens (primary N) is 1. The van der Waals surface area contributed by atoms with Gasteiger partial charge < -0.3 is 21.1 Å². The molecule has 1 aliphatic heterocycles. The van der Waals surface area contributed by atoms with Crippen LogP contribution in [0.2, 0.25) is 0 Å². The van der Waals surface area contributed by atoms with Gasteiger partial charge in [-0.1, -0.05) is 20.3 Å². The number of hydrogen-bond acceptors (Lipinski definition) is 7. The van der Waals surface area contributed by atoms with Gasteiger partial charge in [-0.15, -0.1) is 0 Å². The van der Waals surface area contributed by atoms with Gasteiger partial charge in [-0.05, 0) is 43.7 Å². The lowest BCUT2D eigenvalue weighted by atomic mass is 9.88. The van der Waals surface area contributed by atoms with Crippen LogP contribution in [0.3, 0.4) is 0 Å². The quantitative estimate of drug-likeness (QED) is 0.347. The van der Waals surface area contributed by atoms with Crippen LogP contribution in [0, 0.1) is 5.92 Å². The van der Waals surface area contributed by atoms with Gasteiger partial charge in [0.2, 0.25) is 5.91 Å². The standard InChI is InChI=1S/C21H35N5O4S/c1-4-13(2)18(22)19(17(27)10-14-11-23-12-24-14)26-8-5-6-16(26)20(28)25-15(21(29)30)7-9-31-3/h11-13,15-16,18-19H,4-10,22H2,1-3H3,(H,23,24)(H,25,28)(H,29,30)/t13-,15-,16-,18-,19?/m0/s1. The van der Waals surface area contributed by atoms with E-state index in [4.69, 9.17) is 5.73 Å². The second-order valence-corrected chi connectivity index (χ2v) is 9.17. The number of H-pyrrole nitrogens is 1. The number of nitrogens with one attached hydrogen (secondary N) is 2. The molecule has 174 valence electrons. The third kappa shape index (κ3) is 6.78. The Kier molecular flexibility index (Phi) is 9.98. The van der Waals surface area contributed by atoms with E-state index < -0.39 is 30.1 Å². The molecular weight excluding hydrogens is 418 g/mol. The van der Waals surface area contributed by atoms with Gasteiger partial charge in [-0.2, -0.15) is 11.8 Å². The van der Waals surface area contributed by atoms with Crippen LogP contribution in [0.5, 0.6) is 0 Å². The summed E-state index contributed by atoms with van der Waals surface area (Å²) in [5.74, 6) is -0.744. The van der Waals surface area contributed by atoms with E-state index in [0.717, 1.165) is 12.8 Å². The molecule has 9 nitrogen and oxygen atoms in total. The Morgan fingerprint density at radius 2 is 2.19 bits per heavy atom. The van der Waals surface area contributed by atoms with E-state index >= 15 is 0 Å². The van der Waals surface area contributed by atoms with E-state index in [1.54, 1.807) is 6.20 Å². The lowest BCUT2D eigenvalue weighted by Crippen LogP contribution is -2.60. The minimum Gasteiger partial charge on any atom is -0.480 e. The predicted octanol–water partition coefficient (Wildman–Crippen LogP) is 1.05. The van der Waals surface area contributed by atoms with Gasteiger partial charge in [0.05, 0.1) is 30.5 Å². The summed E-state index contributed by atoms with van der Waals surface area (Å²) < 4.78 is 0. The molecule has 1 aliphatic rings. The zero-order valence-electron chi connectivity index (χ0n) is 18.5. The Morgan fingerprint density at radius 1 is 1.45 bits per heavy atom. The van der Waals surface area contributed by atoms with Crippen molar-refractivity contribution in [2.24, 2.45) is 11.7 Å². The number of aromatic amines is 1. The third-order valence-electron chi connectivity index (χ3n) is 6.09. The first kappa shape index (κ1) is 25.4. The molecule has 1 unspecified atom stereocenters. The van der Waals surface area contributed by atoms with Crippen LogP contribution in [-0.2, 0) is 20.8 Å². The number of Topliss-reactive ketones (excluding diaryl/α,β-unsaturated/α-hetero) is 1. The van der Waals surface area contributed by atoms with E-state index in [-0.39, 0.29) is 24.0 Å². The molecule has 0 aromatic carbocycles. The maximum Gasteiger partial charge on any atom is 0.326 e. The highest BCUT2D eigenvalue weighted by molar-refractivity contribution is 7.98. The van der Waals surface area contributed by atoms with E-state index in [1.807, 2.05) is 25.0 Å². The minimum absolute atomic E-state index is 0.0724. The zero-order valence-corrected chi connectivity index (χ0v) is 19.4. The van der Waals surface area contributed by atoms with Gasteiger partial charge >= 0.3 is 5.97 Å². The Bertz CT molecular complexity index is 729. The minimum atomic E-state index is -1.05. The predicted molar refractivity (Wildman–Crippen MR) is 121 cm³/mol. The molecule has 1 saturated heterocycles. The number of hydrogen-bond donors (Lipinski definition) is 4. The number of carbonyl (C=O) groups excluding carboxylic acids is 2. The van der Waals surface area contributed by atoms with E-state index in [2.05, 4.69) is 15.3 Å². The van der Waals surface area contributed by atoms with Gasteiger partial charge in [-0.3, -0.25) is 14.5 Å². The summed E-state index contributed by atoms with van der Waals surface area (Å²) in [6, 6.07) is -2.57. The molecule has 1 amide bonds. The molecule has 5 N–H and O–H groups in total. The zero-order chi connectivity index (χ0) is 23.0. The SMILES string of the molecule is CC[C@H](C)[C@H](N)C(C(=O)Cc1c[nH]cn1)N1CCC[C@H]1C(=O)N[C@@H](CCSC)C(=O)O. The number of aliphatic carboxylic acids is 1. The van der Waals surface area contributed by atoms with E-state index in [0.29, 0.717) is 30.8 Å². The number of amides is 1. The number of carboxylic acids is 1. The van der Waals surface area contributed by atoms with Gasteiger partial charge in [0.25, 0.3) is 0 Å². The molecule has 1 fully saturated rings. The largest absolute Gasteiger partial charge is 0.480 e. The normalized spacial score (nSPS) is 20.7. The van der Waals surface area contributed by atoms with Crippen molar-refractivity contribution in [3.63, 3.8) is 0 Å². The number of nitrogens with zero attached hydrogens (tertiary/aromatic N) is 2. The summed E-state index contributed by atoms with van der Waals surface area (Å²) in [6.45, 7) is 4.60. The fraction of sp³-hybridized carbons (Fsp3) is 0.714. The number of imidazole rings is 1. The van der Waals surface area contributed by atoms with Gasteiger partial charge in [0.15, 0.2) is 5.78 Å². The molecule has 1 aromatic rings. The molecular formula is C21H35N5O4S. The molecule has 31 heavy (non-hydrogen) atoms. The van der Waals surface area contributed by atoms with Crippen molar-refractivity contribution in [1.29, 1.82) is 0 Å². The molecule has 0 saturated carbocycles. The lowest BCUT2D eigenvalue weighted by Gasteiger charge is -2.37. The van der Waals surface area contributed by atoms with Crippen molar-refractivity contribution >= 4 is 29.4 Å². The number of aromatic nitrogens is 2. The third-order valence-corrected chi connectivity index (χ3v) is 6.73. The fourth-order valence-corrected chi connectivity index (χ4v) is 4.51. The first-order valence-electron chi connectivity index (χ1n) is 10.8. The van der Waals surface area contributed by atoms with E-state index in [9.17, 15) is 19.5 Å². The Labute approximate surface area is 187 Å². The molecule has 0 radical (unpaired) electrons. The maximum atomic E-state index is 13.3. The average Bonchev–Trinajstić information content (AvgIpc) is 3.42. The highest BCUT2D eigenvalue weighted by Gasteiger charge is 2.42. The van der Waals surface area contributed by atoms with Gasteiger partial charge in [0.1, 0.15) is 6.04 Å². The highest BCUT2D eigenvalue weighted by atomic mass is 32.2. The molecule has 0 spiro atoms. The van der Waals surface area contributed by atoms with Crippen molar-refractivity contribution in [1.82, 2.24) is 20.2 Å². The summed E-state index contributed by atoms with van der Waals surface area (Å²) in [7, 11) is 0. The molecule has 10 heteroatoms. The molecule has 5 atom stereocenters. The van der Waals surface area contributed by atoms with Crippen LogP contribution in [0.1, 0.15) is 45.2 Å². The molecule has 2 rings (SSSR count). The number of ketones is 1. The number of thioether (sulfide) groups is 1. The average molecular weight is 454 g/mol. The van der Waals surface area contributed by atoms with Crippen LogP contribution in [0.15, 0.2) is 12.5 Å². The summed E-state index contributed by atoms with van der Waals surface area (Å²) in [5.41, 5.74) is 7.17. The number of carboxylic acid groups (broad SMARTS) is 1. The molecule has 0 bridgehead atoms. The van der Waals surface area contributed by atoms with Crippen LogP contribution < -0.4 is 11.1 Å². The van der Waals surface area contributed by atoms with Crippen LogP contribution >= 0.6 is 11.8 Å². The number of rotatable bonds is 13. The Morgan fingerprint density at radius 3 is 2.77 bits per heavy atom. The van der Waals surface area contributed by atoms with Crippen LogP contribution in [0.4, 0.5) is 0 Å².